The standard InChI is InChI=1S/C18H14O6/c1-3-12-22-18(20)24-16-11-7-6-10-15(16)23-17(19)13-8-4-5-9-14(13)21-2/h1,4-11H,12H2,2H3. The van der Waals surface area contributed by atoms with Gasteiger partial charge in [0.15, 0.2) is 18.1 Å². The highest BCUT2D eigenvalue weighted by Gasteiger charge is 2.17. The molecule has 0 N–H and O–H groups in total. The Kier molecular flexibility index (Phi) is 5.81. The van der Waals surface area contributed by atoms with Crippen molar-refractivity contribution in [3.05, 3.63) is 54.1 Å². The molecule has 6 nitrogen and oxygen atoms in total. The number of hydrogen-bond acceptors (Lipinski definition) is 6. The van der Waals surface area contributed by atoms with Crippen LogP contribution in [0.2, 0.25) is 0 Å². The van der Waals surface area contributed by atoms with Crippen LogP contribution in [0, 0.1) is 12.3 Å². The molecular formula is C18H14O6. The normalized spacial score (nSPS) is 9.50. The molecule has 0 heterocycles. The van der Waals surface area contributed by atoms with E-state index in [-0.39, 0.29) is 23.7 Å². The molecule has 0 saturated heterocycles. The first kappa shape index (κ1) is 16.9. The summed E-state index contributed by atoms with van der Waals surface area (Å²) in [7, 11) is 1.45. The van der Waals surface area contributed by atoms with Crippen LogP contribution in [0.25, 0.3) is 0 Å². The number of hydrogen-bond donors (Lipinski definition) is 0. The van der Waals surface area contributed by atoms with Crippen LogP contribution in [0.1, 0.15) is 10.4 Å². The minimum atomic E-state index is -0.992. The predicted octanol–water partition coefficient (Wildman–Crippen LogP) is 3.06. The van der Waals surface area contributed by atoms with E-state index in [9.17, 15) is 9.59 Å². The van der Waals surface area contributed by atoms with Crippen molar-refractivity contribution in [3.8, 4) is 29.6 Å². The van der Waals surface area contributed by atoms with Crippen molar-refractivity contribution >= 4 is 12.1 Å². The third kappa shape index (κ3) is 4.27. The van der Waals surface area contributed by atoms with Crippen molar-refractivity contribution in [3.63, 3.8) is 0 Å². The smallest absolute Gasteiger partial charge is 0.496 e. The van der Waals surface area contributed by atoms with Crippen LogP contribution in [0.15, 0.2) is 48.5 Å². The van der Waals surface area contributed by atoms with E-state index in [2.05, 4.69) is 10.7 Å². The van der Waals surface area contributed by atoms with Gasteiger partial charge in [-0.05, 0) is 24.3 Å². The fourth-order valence-corrected chi connectivity index (χ4v) is 1.81. The molecule has 6 heteroatoms. The molecule has 2 aromatic rings. The lowest BCUT2D eigenvalue weighted by atomic mass is 10.2. The second-order valence-electron chi connectivity index (χ2n) is 4.38. The molecule has 2 rings (SSSR count). The zero-order chi connectivity index (χ0) is 17.4. The molecule has 0 radical (unpaired) electrons. The third-order valence-corrected chi connectivity index (χ3v) is 2.85. The van der Waals surface area contributed by atoms with Gasteiger partial charge in [0.05, 0.1) is 7.11 Å². The number of carbonyl (C=O) groups is 2. The fourth-order valence-electron chi connectivity index (χ4n) is 1.81. The molecule has 0 unspecified atom stereocenters. The zero-order valence-corrected chi connectivity index (χ0v) is 12.9. The molecule has 0 aromatic heterocycles. The SMILES string of the molecule is C#CCOC(=O)Oc1ccccc1OC(=O)c1ccccc1OC. The summed E-state index contributed by atoms with van der Waals surface area (Å²) in [5.74, 6) is 1.95. The molecule has 24 heavy (non-hydrogen) atoms. The molecule has 0 aliphatic heterocycles. The van der Waals surface area contributed by atoms with Gasteiger partial charge in [0.2, 0.25) is 0 Å². The van der Waals surface area contributed by atoms with Gasteiger partial charge in [-0.1, -0.05) is 30.2 Å². The number of ether oxygens (including phenoxy) is 4. The summed E-state index contributed by atoms with van der Waals surface area (Å²) in [6, 6.07) is 12.8. The van der Waals surface area contributed by atoms with E-state index in [4.69, 9.17) is 20.6 Å². The average molecular weight is 326 g/mol. The third-order valence-electron chi connectivity index (χ3n) is 2.85. The lowest BCUT2D eigenvalue weighted by Gasteiger charge is -2.11. The van der Waals surface area contributed by atoms with Crippen LogP contribution in [0.5, 0.6) is 17.2 Å². The monoisotopic (exact) mass is 326 g/mol. The first-order valence-corrected chi connectivity index (χ1v) is 6.88. The minimum Gasteiger partial charge on any atom is -0.496 e. The topological polar surface area (TPSA) is 71.1 Å². The maximum absolute atomic E-state index is 12.3. The van der Waals surface area contributed by atoms with Crippen LogP contribution in [0.4, 0.5) is 4.79 Å². The number of methoxy groups -OCH3 is 1. The predicted molar refractivity (Wildman–Crippen MR) is 85.2 cm³/mol. The zero-order valence-electron chi connectivity index (χ0n) is 12.9. The number of terminal acetylenes is 1. The maximum atomic E-state index is 12.3. The summed E-state index contributed by atoms with van der Waals surface area (Å²) < 4.78 is 20.0. The van der Waals surface area contributed by atoms with Crippen LogP contribution < -0.4 is 14.2 Å². The molecule has 0 atom stereocenters. The second kappa shape index (κ2) is 8.25. The largest absolute Gasteiger partial charge is 0.514 e. The van der Waals surface area contributed by atoms with Crippen molar-refractivity contribution in [2.24, 2.45) is 0 Å². The van der Waals surface area contributed by atoms with Crippen molar-refractivity contribution < 1.29 is 28.5 Å². The van der Waals surface area contributed by atoms with Gasteiger partial charge in [0, 0.05) is 0 Å². The number of para-hydroxylation sites is 3. The Hall–Kier alpha value is -3.46. The Balaban J connectivity index is 2.17. The van der Waals surface area contributed by atoms with E-state index in [1.54, 1.807) is 36.4 Å². The fraction of sp³-hybridized carbons (Fsp3) is 0.111. The number of esters is 1. The quantitative estimate of drug-likeness (QED) is 0.364. The van der Waals surface area contributed by atoms with Crippen molar-refractivity contribution in [1.82, 2.24) is 0 Å². The first-order valence-electron chi connectivity index (χ1n) is 6.88. The summed E-state index contributed by atoms with van der Waals surface area (Å²) >= 11 is 0. The van der Waals surface area contributed by atoms with Gasteiger partial charge < -0.3 is 18.9 Å². The van der Waals surface area contributed by atoms with E-state index in [1.165, 1.54) is 19.2 Å². The van der Waals surface area contributed by atoms with Gasteiger partial charge >= 0.3 is 12.1 Å². The average Bonchev–Trinajstić information content (AvgIpc) is 2.61. The molecule has 122 valence electrons. The maximum Gasteiger partial charge on any atom is 0.514 e. The molecule has 0 spiro atoms. The van der Waals surface area contributed by atoms with Crippen LogP contribution in [-0.2, 0) is 4.74 Å². The Labute approximate surface area is 138 Å². The highest BCUT2D eigenvalue weighted by Crippen LogP contribution is 2.29. The molecular weight excluding hydrogens is 312 g/mol. The summed E-state index contributed by atoms with van der Waals surface area (Å²) in [6.45, 7) is -0.220. The number of benzene rings is 2. The van der Waals surface area contributed by atoms with Crippen LogP contribution in [-0.4, -0.2) is 25.8 Å². The lowest BCUT2D eigenvalue weighted by Crippen LogP contribution is -2.14. The van der Waals surface area contributed by atoms with E-state index < -0.39 is 12.1 Å². The summed E-state index contributed by atoms with van der Waals surface area (Å²) in [4.78, 5) is 23.8. The van der Waals surface area contributed by atoms with E-state index in [0.717, 1.165) is 0 Å². The van der Waals surface area contributed by atoms with Crippen molar-refractivity contribution in [2.45, 2.75) is 0 Å². The Morgan fingerprint density at radius 3 is 2.17 bits per heavy atom. The van der Waals surface area contributed by atoms with Gasteiger partial charge in [0.1, 0.15) is 11.3 Å². The molecule has 0 saturated carbocycles. The first-order chi connectivity index (χ1) is 11.7. The van der Waals surface area contributed by atoms with Gasteiger partial charge in [-0.2, -0.15) is 0 Å². The van der Waals surface area contributed by atoms with Gasteiger partial charge in [-0.25, -0.2) is 9.59 Å². The minimum absolute atomic E-state index is 0.0303. The Bertz CT molecular complexity index is 775. The summed E-state index contributed by atoms with van der Waals surface area (Å²) in [5, 5.41) is 0. The highest BCUT2D eigenvalue weighted by atomic mass is 16.7. The number of rotatable bonds is 5. The molecule has 0 fully saturated rings. The number of carbonyl (C=O) groups excluding carboxylic acids is 2. The molecule has 0 aliphatic rings. The lowest BCUT2D eigenvalue weighted by molar-refractivity contribution is 0.0717. The van der Waals surface area contributed by atoms with E-state index >= 15 is 0 Å². The molecule has 0 amide bonds. The van der Waals surface area contributed by atoms with Crippen LogP contribution >= 0.6 is 0 Å². The van der Waals surface area contributed by atoms with E-state index in [0.29, 0.717) is 5.75 Å². The Morgan fingerprint density at radius 1 is 0.958 bits per heavy atom. The molecule has 0 bridgehead atoms. The summed E-state index contributed by atoms with van der Waals surface area (Å²) in [6.07, 6.45) is 4.00. The van der Waals surface area contributed by atoms with Gasteiger partial charge in [-0.15, -0.1) is 6.42 Å². The second-order valence-corrected chi connectivity index (χ2v) is 4.38. The summed E-state index contributed by atoms with van der Waals surface area (Å²) in [5.41, 5.74) is 0.240. The molecule has 0 aliphatic carbocycles. The van der Waals surface area contributed by atoms with Gasteiger partial charge in [-0.3, -0.25) is 0 Å². The Morgan fingerprint density at radius 2 is 1.54 bits per heavy atom. The van der Waals surface area contributed by atoms with Gasteiger partial charge in [0.25, 0.3) is 0 Å². The highest BCUT2D eigenvalue weighted by molar-refractivity contribution is 5.94. The van der Waals surface area contributed by atoms with E-state index in [1.807, 2.05) is 0 Å². The molecule has 2 aromatic carbocycles. The van der Waals surface area contributed by atoms with Crippen LogP contribution in [0.3, 0.4) is 0 Å². The van der Waals surface area contributed by atoms with Crippen molar-refractivity contribution in [2.75, 3.05) is 13.7 Å². The van der Waals surface area contributed by atoms with Crippen molar-refractivity contribution in [1.29, 1.82) is 0 Å².